The second-order valence-electron chi connectivity index (χ2n) is 4.69. The van der Waals surface area contributed by atoms with Crippen molar-refractivity contribution < 1.29 is 0 Å². The summed E-state index contributed by atoms with van der Waals surface area (Å²) in [6, 6.07) is 15.2. The molecule has 0 spiro atoms. The molecule has 92 valence electrons. The molecule has 0 aliphatic heterocycles. The molecule has 3 heteroatoms. The van der Waals surface area contributed by atoms with Crippen LogP contribution in [-0.4, -0.2) is 0 Å². The minimum Gasteiger partial charge on any atom is -0.134 e. The van der Waals surface area contributed by atoms with E-state index in [1.807, 2.05) is 11.3 Å². The minimum atomic E-state index is 1.00. The molecule has 0 radical (unpaired) electrons. The highest BCUT2D eigenvalue weighted by atomic mass is 32.1. The Bertz CT molecular complexity index is 989. The zero-order chi connectivity index (χ0) is 13.0. The van der Waals surface area contributed by atoms with Crippen molar-refractivity contribution in [2.75, 3.05) is 0 Å². The summed E-state index contributed by atoms with van der Waals surface area (Å²) in [5, 5.41) is 3.89. The molecular formula is C16H10S3. The highest BCUT2D eigenvalue weighted by molar-refractivity contribution is 7.74. The summed E-state index contributed by atoms with van der Waals surface area (Å²) >= 11 is 9.20. The predicted molar refractivity (Wildman–Crippen MR) is 90.3 cm³/mol. The molecule has 0 saturated carbocycles. The van der Waals surface area contributed by atoms with E-state index in [1.54, 1.807) is 11.3 Å². The Kier molecular flexibility index (Phi) is 2.49. The summed E-state index contributed by atoms with van der Waals surface area (Å²) in [5.74, 6) is 0. The maximum absolute atomic E-state index is 5.62. The van der Waals surface area contributed by atoms with Crippen molar-refractivity contribution in [1.29, 1.82) is 0 Å². The van der Waals surface area contributed by atoms with Gasteiger partial charge in [-0.05, 0) is 24.6 Å². The molecule has 4 rings (SSSR count). The third-order valence-electron chi connectivity index (χ3n) is 3.38. The molecule has 0 N–H and O–H groups in total. The van der Waals surface area contributed by atoms with Gasteiger partial charge in [-0.2, -0.15) is 0 Å². The maximum Gasteiger partial charge on any atom is 0.0998 e. The van der Waals surface area contributed by atoms with Crippen LogP contribution in [0.15, 0.2) is 42.5 Å². The van der Waals surface area contributed by atoms with Gasteiger partial charge in [-0.25, -0.2) is 0 Å². The number of hydrogen-bond acceptors (Lipinski definition) is 3. The van der Waals surface area contributed by atoms with Gasteiger partial charge in [-0.1, -0.05) is 42.5 Å². The third-order valence-corrected chi connectivity index (χ3v) is 5.99. The van der Waals surface area contributed by atoms with Gasteiger partial charge in [0.2, 0.25) is 0 Å². The molecule has 0 unspecified atom stereocenters. The Morgan fingerprint density at radius 2 is 1.74 bits per heavy atom. The van der Waals surface area contributed by atoms with E-state index in [0.717, 1.165) is 3.82 Å². The number of rotatable bonds is 0. The number of fused-ring (bicyclic) bond motifs is 5. The highest BCUT2D eigenvalue weighted by Gasteiger charge is 2.10. The first kappa shape index (κ1) is 11.5. The topological polar surface area (TPSA) is 0 Å². The van der Waals surface area contributed by atoms with Crippen molar-refractivity contribution in [2.45, 2.75) is 6.92 Å². The molecule has 0 fully saturated rings. The molecule has 0 nitrogen and oxygen atoms in total. The zero-order valence-corrected chi connectivity index (χ0v) is 12.7. The van der Waals surface area contributed by atoms with Crippen molar-refractivity contribution in [3.63, 3.8) is 0 Å². The van der Waals surface area contributed by atoms with E-state index in [-0.39, 0.29) is 0 Å². The number of thiophene rings is 1. The number of hydrogen-bond donors (Lipinski definition) is 0. The van der Waals surface area contributed by atoms with Crippen LogP contribution in [-0.2, 0) is 0 Å². The van der Waals surface area contributed by atoms with Gasteiger partial charge in [-0.15, -0.1) is 22.7 Å². The second-order valence-corrected chi connectivity index (χ2v) is 7.46. The lowest BCUT2D eigenvalue weighted by molar-refractivity contribution is 1.52. The third kappa shape index (κ3) is 1.66. The van der Waals surface area contributed by atoms with Crippen LogP contribution in [0, 0.1) is 10.7 Å². The standard InChI is InChI=1S/C16H10S3/c1-9-6-7-10-13(8-9)18-15-11-4-2-3-5-12(11)19-16(17)14(10)15/h2-8H,1H3. The van der Waals surface area contributed by atoms with Crippen LogP contribution in [0.1, 0.15) is 5.56 Å². The van der Waals surface area contributed by atoms with Crippen molar-refractivity contribution in [1.82, 2.24) is 0 Å². The van der Waals surface area contributed by atoms with Crippen LogP contribution in [0.3, 0.4) is 0 Å². The Morgan fingerprint density at radius 3 is 2.63 bits per heavy atom. The van der Waals surface area contributed by atoms with Crippen LogP contribution >= 0.6 is 34.9 Å². The van der Waals surface area contributed by atoms with E-state index in [1.165, 1.54) is 35.8 Å². The number of aryl methyl sites for hydroxylation is 1. The molecule has 2 heterocycles. The lowest BCUT2D eigenvalue weighted by atomic mass is 10.1. The Hall–Kier alpha value is -1.29. The molecule has 0 amide bonds. The second kappa shape index (κ2) is 4.10. The van der Waals surface area contributed by atoms with Crippen molar-refractivity contribution in [2.24, 2.45) is 0 Å². The van der Waals surface area contributed by atoms with Gasteiger partial charge in [-0.3, -0.25) is 0 Å². The van der Waals surface area contributed by atoms with Gasteiger partial charge < -0.3 is 0 Å². The fourth-order valence-electron chi connectivity index (χ4n) is 2.49. The van der Waals surface area contributed by atoms with E-state index in [9.17, 15) is 0 Å². The van der Waals surface area contributed by atoms with Crippen molar-refractivity contribution in [3.05, 3.63) is 51.9 Å². The molecule has 4 aromatic rings. The minimum absolute atomic E-state index is 1.00. The van der Waals surface area contributed by atoms with E-state index >= 15 is 0 Å². The largest absolute Gasteiger partial charge is 0.134 e. The quantitative estimate of drug-likeness (QED) is 0.343. The van der Waals surface area contributed by atoms with Gasteiger partial charge in [0.15, 0.2) is 0 Å². The fraction of sp³-hybridized carbons (Fsp3) is 0.0625. The first-order valence-corrected chi connectivity index (χ1v) is 8.13. The van der Waals surface area contributed by atoms with Gasteiger partial charge in [0.25, 0.3) is 0 Å². The summed E-state index contributed by atoms with van der Waals surface area (Å²) in [6.45, 7) is 2.14. The van der Waals surface area contributed by atoms with E-state index in [2.05, 4.69) is 49.4 Å². The maximum atomic E-state index is 5.62. The van der Waals surface area contributed by atoms with Gasteiger partial charge in [0, 0.05) is 30.3 Å². The lowest BCUT2D eigenvalue weighted by Gasteiger charge is -1.98. The predicted octanol–water partition coefficient (Wildman–Crippen LogP) is 6.31. The van der Waals surface area contributed by atoms with Crippen molar-refractivity contribution >= 4 is 65.1 Å². The zero-order valence-electron chi connectivity index (χ0n) is 10.3. The van der Waals surface area contributed by atoms with E-state index < -0.39 is 0 Å². The summed E-state index contributed by atoms with van der Waals surface area (Å²) in [6.07, 6.45) is 0. The van der Waals surface area contributed by atoms with Crippen LogP contribution in [0.25, 0.3) is 30.3 Å². The summed E-state index contributed by atoms with van der Waals surface area (Å²) in [5.41, 5.74) is 1.30. The Balaban J connectivity index is 2.37. The molecule has 2 aromatic carbocycles. The molecule has 0 atom stereocenters. The normalized spacial score (nSPS) is 11.6. The fourth-order valence-corrected chi connectivity index (χ4v) is 5.45. The monoisotopic (exact) mass is 298 g/mol. The van der Waals surface area contributed by atoms with Crippen LogP contribution < -0.4 is 0 Å². The molecule has 0 bridgehead atoms. The Morgan fingerprint density at radius 1 is 0.895 bits per heavy atom. The highest BCUT2D eigenvalue weighted by Crippen LogP contribution is 2.41. The first-order chi connectivity index (χ1) is 9.24. The summed E-state index contributed by atoms with van der Waals surface area (Å²) in [4.78, 5) is 0. The average molecular weight is 298 g/mol. The SMILES string of the molecule is Cc1ccc2c(c1)sc1c3ccccc3sc(=S)c21. The number of benzene rings is 2. The lowest BCUT2D eigenvalue weighted by Crippen LogP contribution is -1.72. The van der Waals surface area contributed by atoms with Gasteiger partial charge >= 0.3 is 0 Å². The van der Waals surface area contributed by atoms with Gasteiger partial charge in [0.1, 0.15) is 0 Å². The van der Waals surface area contributed by atoms with Crippen LogP contribution in [0.2, 0.25) is 0 Å². The van der Waals surface area contributed by atoms with Crippen LogP contribution in [0.5, 0.6) is 0 Å². The summed E-state index contributed by atoms with van der Waals surface area (Å²) in [7, 11) is 0. The molecule has 0 aliphatic rings. The molecule has 19 heavy (non-hydrogen) atoms. The van der Waals surface area contributed by atoms with Crippen LogP contribution in [0.4, 0.5) is 0 Å². The van der Waals surface area contributed by atoms with Crippen molar-refractivity contribution in [3.8, 4) is 0 Å². The average Bonchev–Trinajstić information content (AvgIpc) is 2.78. The van der Waals surface area contributed by atoms with E-state index in [4.69, 9.17) is 12.2 Å². The molecule has 0 saturated heterocycles. The van der Waals surface area contributed by atoms with E-state index in [0.29, 0.717) is 0 Å². The first-order valence-electron chi connectivity index (χ1n) is 6.09. The molecular weight excluding hydrogens is 288 g/mol. The smallest absolute Gasteiger partial charge is 0.0998 e. The Labute approximate surface area is 123 Å². The summed E-state index contributed by atoms with van der Waals surface area (Å²) < 4.78 is 4.96. The molecule has 0 aliphatic carbocycles. The molecule has 2 aromatic heterocycles. The van der Waals surface area contributed by atoms with Gasteiger partial charge in [0.05, 0.1) is 3.82 Å².